The molecule has 100 valence electrons. The van der Waals surface area contributed by atoms with Crippen molar-refractivity contribution < 1.29 is 4.74 Å². The molecular formula is C17H16N2O. The predicted octanol–water partition coefficient (Wildman–Crippen LogP) is 3.70. The van der Waals surface area contributed by atoms with Crippen LogP contribution >= 0.6 is 0 Å². The van der Waals surface area contributed by atoms with Gasteiger partial charge in [-0.25, -0.2) is 4.98 Å². The van der Waals surface area contributed by atoms with Gasteiger partial charge in [-0.2, -0.15) is 0 Å². The molecule has 0 fully saturated rings. The third kappa shape index (κ3) is 2.72. The van der Waals surface area contributed by atoms with Crippen molar-refractivity contribution in [2.75, 3.05) is 5.73 Å². The topological polar surface area (TPSA) is 48.1 Å². The van der Waals surface area contributed by atoms with Crippen molar-refractivity contribution in [1.82, 2.24) is 4.98 Å². The number of pyridine rings is 1. The van der Waals surface area contributed by atoms with Gasteiger partial charge in [0.25, 0.3) is 0 Å². The highest BCUT2D eigenvalue weighted by Gasteiger charge is 2.01. The van der Waals surface area contributed by atoms with Crippen LogP contribution in [0.3, 0.4) is 0 Å². The zero-order chi connectivity index (χ0) is 13.9. The summed E-state index contributed by atoms with van der Waals surface area (Å²) < 4.78 is 5.71. The first kappa shape index (κ1) is 12.5. The van der Waals surface area contributed by atoms with Gasteiger partial charge >= 0.3 is 0 Å². The third-order valence-electron chi connectivity index (χ3n) is 3.15. The van der Waals surface area contributed by atoms with Gasteiger partial charge in [-0.05, 0) is 36.8 Å². The zero-order valence-electron chi connectivity index (χ0n) is 11.3. The summed E-state index contributed by atoms with van der Waals surface area (Å²) in [4.78, 5) is 4.62. The van der Waals surface area contributed by atoms with Crippen LogP contribution in [0.2, 0.25) is 0 Å². The quantitative estimate of drug-likeness (QED) is 0.734. The van der Waals surface area contributed by atoms with Gasteiger partial charge in [0, 0.05) is 17.1 Å². The maximum absolute atomic E-state index is 5.72. The normalized spacial score (nSPS) is 10.7. The molecule has 0 bridgehead atoms. The molecule has 0 spiro atoms. The first-order valence-corrected chi connectivity index (χ1v) is 6.55. The lowest BCUT2D eigenvalue weighted by molar-refractivity contribution is 0.302. The molecule has 0 aliphatic carbocycles. The standard InChI is InChI=1S/C17H16N2O/c1-12-5-6-13-7-8-15(19-17(13)9-12)11-20-16-4-2-3-14(18)10-16/h2-10H,11,18H2,1H3. The number of aromatic nitrogens is 1. The SMILES string of the molecule is Cc1ccc2ccc(COc3cccc(N)c3)nc2c1. The van der Waals surface area contributed by atoms with Gasteiger partial charge in [0.1, 0.15) is 12.4 Å². The average Bonchev–Trinajstić information content (AvgIpc) is 2.45. The van der Waals surface area contributed by atoms with Crippen molar-refractivity contribution in [3.8, 4) is 5.75 Å². The van der Waals surface area contributed by atoms with Gasteiger partial charge in [0.15, 0.2) is 0 Å². The molecule has 3 heteroatoms. The summed E-state index contributed by atoms with van der Waals surface area (Å²) in [5, 5.41) is 1.14. The van der Waals surface area contributed by atoms with Gasteiger partial charge < -0.3 is 10.5 Å². The Balaban J connectivity index is 1.80. The lowest BCUT2D eigenvalue weighted by atomic mass is 10.1. The number of ether oxygens (including phenoxy) is 1. The largest absolute Gasteiger partial charge is 0.487 e. The molecule has 0 aliphatic rings. The Morgan fingerprint density at radius 1 is 1.05 bits per heavy atom. The van der Waals surface area contributed by atoms with Crippen LogP contribution in [0, 0.1) is 6.92 Å². The molecule has 0 unspecified atom stereocenters. The van der Waals surface area contributed by atoms with Gasteiger partial charge in [-0.3, -0.25) is 0 Å². The Hall–Kier alpha value is -2.55. The molecule has 3 nitrogen and oxygen atoms in total. The molecule has 0 saturated heterocycles. The number of fused-ring (bicyclic) bond motifs is 1. The van der Waals surface area contributed by atoms with Crippen LogP contribution in [0.4, 0.5) is 5.69 Å². The van der Waals surface area contributed by atoms with Gasteiger partial charge in [-0.1, -0.05) is 24.3 Å². The van der Waals surface area contributed by atoms with E-state index in [1.807, 2.05) is 30.3 Å². The molecule has 2 N–H and O–H groups in total. The van der Waals surface area contributed by atoms with E-state index in [-0.39, 0.29) is 0 Å². The summed E-state index contributed by atoms with van der Waals surface area (Å²) in [6.07, 6.45) is 0. The van der Waals surface area contributed by atoms with Crippen LogP contribution in [0.1, 0.15) is 11.3 Å². The third-order valence-corrected chi connectivity index (χ3v) is 3.15. The lowest BCUT2D eigenvalue weighted by Crippen LogP contribution is -1.99. The fourth-order valence-corrected chi connectivity index (χ4v) is 2.11. The Morgan fingerprint density at radius 2 is 1.90 bits per heavy atom. The number of rotatable bonds is 3. The van der Waals surface area contributed by atoms with Crippen LogP contribution in [0.5, 0.6) is 5.75 Å². The highest BCUT2D eigenvalue weighted by Crippen LogP contribution is 2.18. The molecule has 20 heavy (non-hydrogen) atoms. The molecule has 3 rings (SSSR count). The Morgan fingerprint density at radius 3 is 2.75 bits per heavy atom. The molecule has 0 aliphatic heterocycles. The van der Waals surface area contributed by atoms with E-state index in [1.54, 1.807) is 0 Å². The minimum Gasteiger partial charge on any atom is -0.487 e. The second kappa shape index (κ2) is 5.21. The number of hydrogen-bond acceptors (Lipinski definition) is 3. The number of benzene rings is 2. The van der Waals surface area contributed by atoms with E-state index in [0.717, 1.165) is 22.3 Å². The van der Waals surface area contributed by atoms with Crippen molar-refractivity contribution in [3.63, 3.8) is 0 Å². The minimum absolute atomic E-state index is 0.438. The Kier molecular flexibility index (Phi) is 3.25. The lowest BCUT2D eigenvalue weighted by Gasteiger charge is -2.07. The molecule has 0 amide bonds. The van der Waals surface area contributed by atoms with Gasteiger partial charge in [0.05, 0.1) is 11.2 Å². The minimum atomic E-state index is 0.438. The van der Waals surface area contributed by atoms with Crippen molar-refractivity contribution in [2.45, 2.75) is 13.5 Å². The molecule has 0 saturated carbocycles. The highest BCUT2D eigenvalue weighted by atomic mass is 16.5. The van der Waals surface area contributed by atoms with Crippen LogP contribution < -0.4 is 10.5 Å². The van der Waals surface area contributed by atoms with E-state index in [0.29, 0.717) is 12.3 Å². The number of hydrogen-bond donors (Lipinski definition) is 1. The van der Waals surface area contributed by atoms with Crippen LogP contribution in [-0.4, -0.2) is 4.98 Å². The van der Waals surface area contributed by atoms with E-state index >= 15 is 0 Å². The van der Waals surface area contributed by atoms with Crippen molar-refractivity contribution in [3.05, 3.63) is 65.9 Å². The summed E-state index contributed by atoms with van der Waals surface area (Å²) >= 11 is 0. The van der Waals surface area contributed by atoms with Crippen LogP contribution in [0.25, 0.3) is 10.9 Å². The molecule has 1 heterocycles. The fraction of sp³-hybridized carbons (Fsp3) is 0.118. The summed E-state index contributed by atoms with van der Waals surface area (Å²) in [5.74, 6) is 0.760. The number of anilines is 1. The van der Waals surface area contributed by atoms with Crippen LogP contribution in [0.15, 0.2) is 54.6 Å². The summed E-state index contributed by atoms with van der Waals surface area (Å²) in [5.41, 5.74) is 9.54. The Bertz CT molecular complexity index is 753. The predicted molar refractivity (Wildman–Crippen MR) is 81.7 cm³/mol. The van der Waals surface area contributed by atoms with E-state index in [9.17, 15) is 0 Å². The second-order valence-electron chi connectivity index (χ2n) is 4.86. The van der Waals surface area contributed by atoms with Gasteiger partial charge in [0.2, 0.25) is 0 Å². The monoisotopic (exact) mass is 264 g/mol. The van der Waals surface area contributed by atoms with Crippen molar-refractivity contribution in [1.29, 1.82) is 0 Å². The molecule has 3 aromatic rings. The first-order chi connectivity index (χ1) is 9.70. The summed E-state index contributed by atoms with van der Waals surface area (Å²) in [6, 6.07) is 17.7. The van der Waals surface area contributed by atoms with Crippen molar-refractivity contribution in [2.24, 2.45) is 0 Å². The number of nitrogen functional groups attached to an aromatic ring is 1. The van der Waals surface area contributed by atoms with E-state index in [2.05, 4.69) is 36.2 Å². The fourth-order valence-electron chi connectivity index (χ4n) is 2.11. The molecule has 1 aromatic heterocycles. The van der Waals surface area contributed by atoms with Crippen molar-refractivity contribution >= 4 is 16.6 Å². The highest BCUT2D eigenvalue weighted by molar-refractivity contribution is 5.79. The molecule has 0 radical (unpaired) electrons. The second-order valence-corrected chi connectivity index (χ2v) is 4.86. The number of aryl methyl sites for hydroxylation is 1. The summed E-state index contributed by atoms with van der Waals surface area (Å²) in [7, 11) is 0. The number of nitrogens with zero attached hydrogens (tertiary/aromatic N) is 1. The summed E-state index contributed by atoms with van der Waals surface area (Å²) in [6.45, 7) is 2.50. The van der Waals surface area contributed by atoms with E-state index < -0.39 is 0 Å². The average molecular weight is 264 g/mol. The van der Waals surface area contributed by atoms with E-state index in [4.69, 9.17) is 10.5 Å². The number of nitrogens with two attached hydrogens (primary N) is 1. The zero-order valence-corrected chi connectivity index (χ0v) is 11.3. The van der Waals surface area contributed by atoms with Gasteiger partial charge in [-0.15, -0.1) is 0 Å². The van der Waals surface area contributed by atoms with E-state index in [1.165, 1.54) is 5.56 Å². The Labute approximate surface area is 118 Å². The first-order valence-electron chi connectivity index (χ1n) is 6.55. The van der Waals surface area contributed by atoms with Crippen LogP contribution in [-0.2, 0) is 6.61 Å². The maximum atomic E-state index is 5.72. The molecule has 0 atom stereocenters. The molecule has 2 aromatic carbocycles. The maximum Gasteiger partial charge on any atom is 0.130 e. The smallest absolute Gasteiger partial charge is 0.130 e. The molecular weight excluding hydrogens is 248 g/mol.